The number of halogens is 1. The number of carbonyl (C=O) groups excluding carboxylic acids is 1. The Labute approximate surface area is 222 Å². The number of hydrogen-bond acceptors (Lipinski definition) is 7. The molecule has 7 rings (SSSR count). The number of fused-ring (bicyclic) bond motifs is 2. The minimum atomic E-state index is -0.657. The molecule has 3 fully saturated rings. The third-order valence-corrected chi connectivity index (χ3v) is 7.41. The number of H-pyrrole nitrogens is 1. The molecule has 39 heavy (non-hydrogen) atoms. The van der Waals surface area contributed by atoms with Crippen LogP contribution >= 0.6 is 0 Å². The summed E-state index contributed by atoms with van der Waals surface area (Å²) in [5.74, 6) is 0.538. The molecule has 2 aromatic carbocycles. The molecule has 4 aromatic rings. The number of aromatic amines is 1. The number of pyridine rings is 1. The first kappa shape index (κ1) is 24.1. The quantitative estimate of drug-likeness (QED) is 0.350. The van der Waals surface area contributed by atoms with Crippen LogP contribution in [0.25, 0.3) is 33.4 Å². The van der Waals surface area contributed by atoms with Gasteiger partial charge in [0.1, 0.15) is 29.8 Å². The highest BCUT2D eigenvalue weighted by atomic mass is 19.1. The van der Waals surface area contributed by atoms with Crippen molar-refractivity contribution in [1.29, 1.82) is 0 Å². The lowest BCUT2D eigenvalue weighted by Gasteiger charge is -2.16. The molecule has 0 radical (unpaired) electrons. The fraction of sp³-hybridized carbons (Fsp3) is 0.310. The molecule has 3 N–H and O–H groups in total. The van der Waals surface area contributed by atoms with E-state index in [2.05, 4.69) is 15.3 Å². The summed E-state index contributed by atoms with van der Waals surface area (Å²) in [6.07, 6.45) is -1.56. The highest BCUT2D eigenvalue weighted by molar-refractivity contribution is 5.83. The fourth-order valence-corrected chi connectivity index (χ4v) is 5.37. The second kappa shape index (κ2) is 9.64. The molecule has 0 saturated carbocycles. The Morgan fingerprint density at radius 2 is 1.64 bits per heavy atom. The van der Waals surface area contributed by atoms with Crippen LogP contribution in [0.5, 0.6) is 11.6 Å². The number of nitrogens with one attached hydrogen (secondary N) is 2. The van der Waals surface area contributed by atoms with Crippen molar-refractivity contribution in [2.45, 2.75) is 36.9 Å². The van der Waals surface area contributed by atoms with Gasteiger partial charge >= 0.3 is 0 Å². The summed E-state index contributed by atoms with van der Waals surface area (Å²) in [6.45, 7) is 1.15. The van der Waals surface area contributed by atoms with Gasteiger partial charge in [0.2, 0.25) is 0 Å². The van der Waals surface area contributed by atoms with Crippen molar-refractivity contribution in [1.82, 2.24) is 15.3 Å². The maximum Gasteiger partial charge on any atom is 0.261 e. The molecule has 3 saturated heterocycles. The number of benzene rings is 2. The molecule has 5 heterocycles. The van der Waals surface area contributed by atoms with Crippen molar-refractivity contribution in [2.75, 3.05) is 19.8 Å². The van der Waals surface area contributed by atoms with Crippen LogP contribution in [-0.2, 0) is 14.3 Å². The van der Waals surface area contributed by atoms with Gasteiger partial charge < -0.3 is 34.4 Å². The number of ether oxygens (including phenoxy) is 4. The van der Waals surface area contributed by atoms with Crippen molar-refractivity contribution >= 4 is 16.9 Å². The number of hydrogen-bond donors (Lipinski definition) is 3. The largest absolute Gasteiger partial charge is 0.481 e. The summed E-state index contributed by atoms with van der Waals surface area (Å²) >= 11 is 0. The zero-order valence-electron chi connectivity index (χ0n) is 20.8. The molecule has 5 atom stereocenters. The highest BCUT2D eigenvalue weighted by Crippen LogP contribution is 2.33. The van der Waals surface area contributed by atoms with Gasteiger partial charge in [-0.3, -0.25) is 4.79 Å². The summed E-state index contributed by atoms with van der Waals surface area (Å²) in [5, 5.41) is 12.7. The first-order valence-electron chi connectivity index (χ1n) is 12.9. The molecule has 0 spiro atoms. The van der Waals surface area contributed by atoms with Gasteiger partial charge in [0.05, 0.1) is 24.2 Å². The maximum atomic E-state index is 15.1. The Hall–Kier alpha value is -3.99. The van der Waals surface area contributed by atoms with Crippen molar-refractivity contribution < 1.29 is 33.2 Å². The van der Waals surface area contributed by atoms with Crippen LogP contribution < -0.4 is 14.8 Å². The van der Waals surface area contributed by atoms with Crippen LogP contribution in [0.3, 0.4) is 0 Å². The molecule has 2 aromatic heterocycles. The minimum Gasteiger partial charge on any atom is -0.481 e. The van der Waals surface area contributed by atoms with E-state index < -0.39 is 24.1 Å². The topological polar surface area (TPSA) is 115 Å². The van der Waals surface area contributed by atoms with Crippen LogP contribution in [0.2, 0.25) is 0 Å². The number of aromatic nitrogens is 2. The van der Waals surface area contributed by atoms with E-state index in [-0.39, 0.29) is 30.4 Å². The Kier molecular flexibility index (Phi) is 5.95. The molecule has 200 valence electrons. The lowest BCUT2D eigenvalue weighted by Crippen LogP contribution is -2.34. The summed E-state index contributed by atoms with van der Waals surface area (Å²) in [5.41, 5.74) is 3.90. The average molecular weight is 532 g/mol. The first-order chi connectivity index (χ1) is 19.0. The predicted octanol–water partition coefficient (Wildman–Crippen LogP) is 3.21. The van der Waals surface area contributed by atoms with Gasteiger partial charge in [0.15, 0.2) is 23.9 Å². The second-order valence-corrected chi connectivity index (χ2v) is 9.99. The monoisotopic (exact) mass is 531 g/mol. The van der Waals surface area contributed by atoms with Crippen LogP contribution in [-0.4, -0.2) is 71.3 Å². The molecule has 10 heteroatoms. The second-order valence-electron chi connectivity index (χ2n) is 9.99. The molecule has 3 aliphatic rings. The lowest BCUT2D eigenvalue weighted by atomic mass is 10.0. The molecule has 1 amide bonds. The Balaban J connectivity index is 1.07. The van der Waals surface area contributed by atoms with E-state index in [0.29, 0.717) is 47.8 Å². The molecule has 0 aliphatic carbocycles. The number of aliphatic hydroxyl groups excluding tert-OH is 1. The predicted molar refractivity (Wildman–Crippen MR) is 139 cm³/mol. The summed E-state index contributed by atoms with van der Waals surface area (Å²) in [6, 6.07) is 18.2. The van der Waals surface area contributed by atoms with Gasteiger partial charge in [0.25, 0.3) is 5.91 Å². The third kappa shape index (κ3) is 4.50. The number of rotatable bonds is 6. The number of nitrogens with zero attached hydrogens (tertiary/aromatic N) is 1. The number of amides is 1. The third-order valence-electron chi connectivity index (χ3n) is 7.41. The summed E-state index contributed by atoms with van der Waals surface area (Å²) in [4.78, 5) is 19.3. The van der Waals surface area contributed by atoms with Crippen molar-refractivity contribution in [3.05, 3.63) is 66.5 Å². The van der Waals surface area contributed by atoms with Gasteiger partial charge in [0, 0.05) is 30.7 Å². The van der Waals surface area contributed by atoms with E-state index in [4.69, 9.17) is 18.9 Å². The normalized spacial score (nSPS) is 26.1. The average Bonchev–Trinajstić information content (AvgIpc) is 3.72. The van der Waals surface area contributed by atoms with E-state index in [1.165, 1.54) is 6.07 Å². The fourth-order valence-electron chi connectivity index (χ4n) is 5.37. The van der Waals surface area contributed by atoms with Crippen molar-refractivity contribution in [3.8, 4) is 34.0 Å². The Morgan fingerprint density at radius 3 is 2.38 bits per heavy atom. The minimum absolute atomic E-state index is 0.0851. The van der Waals surface area contributed by atoms with Gasteiger partial charge in [-0.2, -0.15) is 0 Å². The molecular weight excluding hydrogens is 505 g/mol. The number of aliphatic hydroxyl groups is 1. The number of carbonyl (C=O) groups is 1. The summed E-state index contributed by atoms with van der Waals surface area (Å²) in [7, 11) is 0. The smallest absolute Gasteiger partial charge is 0.261 e. The van der Waals surface area contributed by atoms with Crippen molar-refractivity contribution in [2.24, 2.45) is 0 Å². The van der Waals surface area contributed by atoms with E-state index >= 15 is 4.39 Å². The first-order valence-corrected chi connectivity index (χ1v) is 12.9. The Morgan fingerprint density at radius 1 is 0.923 bits per heavy atom. The zero-order chi connectivity index (χ0) is 26.5. The van der Waals surface area contributed by atoms with Crippen LogP contribution in [0.4, 0.5) is 4.39 Å². The van der Waals surface area contributed by atoms with E-state index in [1.807, 2.05) is 48.5 Å². The summed E-state index contributed by atoms with van der Waals surface area (Å²) < 4.78 is 38.1. The zero-order valence-corrected chi connectivity index (χ0v) is 20.8. The Bertz CT molecular complexity index is 1520. The van der Waals surface area contributed by atoms with E-state index in [9.17, 15) is 9.90 Å². The SMILES string of the molecule is O=C1NCCC1Oc1ccc(-c2ccc(-c3nc4cc(O[C@@H]5CO[C@H]6[C@@H]5OC[C@H]6O)[nH]c4cc3F)cc2)cc1. The molecular formula is C29H26FN3O6. The molecule has 0 bridgehead atoms. The molecule has 9 nitrogen and oxygen atoms in total. The maximum absolute atomic E-state index is 15.1. The van der Waals surface area contributed by atoms with Gasteiger partial charge in [-0.1, -0.05) is 36.4 Å². The van der Waals surface area contributed by atoms with Crippen LogP contribution in [0.15, 0.2) is 60.7 Å². The lowest BCUT2D eigenvalue weighted by molar-refractivity contribution is -0.124. The standard InChI is InChI=1S/C29H26FN3O6/c30-19-11-20-21(12-25(32-20)39-24-14-37-27-22(34)13-36-28(24)27)33-26(19)17-3-1-15(2-4-17)16-5-7-18(8-6-16)38-23-9-10-31-29(23)35/h1-8,11-12,22-24,27-28,32,34H,9-10,13-14H2,(H,31,35)/t22-,23?,24-,27-,28-/m1/s1. The van der Waals surface area contributed by atoms with Gasteiger partial charge in [-0.05, 0) is 23.3 Å². The van der Waals surface area contributed by atoms with Crippen LogP contribution in [0, 0.1) is 5.82 Å². The van der Waals surface area contributed by atoms with Gasteiger partial charge in [-0.15, -0.1) is 0 Å². The highest BCUT2D eigenvalue weighted by Gasteiger charge is 2.48. The van der Waals surface area contributed by atoms with Gasteiger partial charge in [-0.25, -0.2) is 9.37 Å². The van der Waals surface area contributed by atoms with Crippen molar-refractivity contribution in [3.63, 3.8) is 0 Å². The van der Waals surface area contributed by atoms with Crippen LogP contribution in [0.1, 0.15) is 6.42 Å². The van der Waals surface area contributed by atoms with E-state index in [1.54, 1.807) is 6.07 Å². The molecule has 3 aliphatic heterocycles. The van der Waals surface area contributed by atoms with E-state index in [0.717, 1.165) is 11.1 Å². The molecule has 1 unspecified atom stereocenters.